The zero-order chi connectivity index (χ0) is 11.3. The van der Waals surface area contributed by atoms with Gasteiger partial charge < -0.3 is 5.32 Å². The van der Waals surface area contributed by atoms with Crippen molar-refractivity contribution in [2.45, 2.75) is 19.4 Å². The van der Waals surface area contributed by atoms with E-state index < -0.39 is 5.54 Å². The number of carbonyl (C=O) groups is 1. The second-order valence-corrected chi connectivity index (χ2v) is 4.59. The fourth-order valence-corrected chi connectivity index (χ4v) is 1.55. The van der Waals surface area contributed by atoms with Crippen LogP contribution in [0.5, 0.6) is 0 Å². The SMILES string of the molecule is C#CC(C)(C)NC(=O)C=Cc1cccs1. The number of nitrogens with one attached hydrogen (secondary N) is 1. The van der Waals surface area contributed by atoms with Gasteiger partial charge in [0.25, 0.3) is 0 Å². The summed E-state index contributed by atoms with van der Waals surface area (Å²) in [6, 6.07) is 3.88. The highest BCUT2D eigenvalue weighted by Gasteiger charge is 2.14. The van der Waals surface area contributed by atoms with Crippen LogP contribution >= 0.6 is 11.3 Å². The van der Waals surface area contributed by atoms with Crippen LogP contribution in [0.15, 0.2) is 23.6 Å². The molecule has 2 nitrogen and oxygen atoms in total. The summed E-state index contributed by atoms with van der Waals surface area (Å²) in [6.45, 7) is 3.56. The van der Waals surface area contributed by atoms with E-state index in [1.165, 1.54) is 6.08 Å². The van der Waals surface area contributed by atoms with Gasteiger partial charge in [-0.25, -0.2) is 0 Å². The molecule has 0 aliphatic carbocycles. The lowest BCUT2D eigenvalue weighted by Crippen LogP contribution is -2.41. The van der Waals surface area contributed by atoms with E-state index in [4.69, 9.17) is 6.42 Å². The van der Waals surface area contributed by atoms with Gasteiger partial charge in [0.05, 0.1) is 5.54 Å². The van der Waals surface area contributed by atoms with Gasteiger partial charge in [-0.05, 0) is 31.4 Å². The van der Waals surface area contributed by atoms with Crippen LogP contribution < -0.4 is 5.32 Å². The molecule has 0 saturated carbocycles. The normalized spacial score (nSPS) is 11.3. The van der Waals surface area contributed by atoms with Crippen LogP contribution in [0.25, 0.3) is 6.08 Å². The Kier molecular flexibility index (Phi) is 3.70. The Hall–Kier alpha value is -1.53. The van der Waals surface area contributed by atoms with E-state index in [1.54, 1.807) is 31.3 Å². The van der Waals surface area contributed by atoms with Gasteiger partial charge in [-0.15, -0.1) is 17.8 Å². The summed E-state index contributed by atoms with van der Waals surface area (Å²) < 4.78 is 0. The van der Waals surface area contributed by atoms with E-state index >= 15 is 0 Å². The highest BCUT2D eigenvalue weighted by molar-refractivity contribution is 7.10. The van der Waals surface area contributed by atoms with Gasteiger partial charge in [0.1, 0.15) is 0 Å². The molecule has 0 atom stereocenters. The summed E-state index contributed by atoms with van der Waals surface area (Å²) in [5, 5.41) is 4.67. The third-order valence-electron chi connectivity index (χ3n) is 1.74. The zero-order valence-electron chi connectivity index (χ0n) is 8.78. The molecule has 1 aromatic heterocycles. The van der Waals surface area contributed by atoms with E-state index in [9.17, 15) is 4.79 Å². The maximum absolute atomic E-state index is 11.4. The molecule has 0 aliphatic heterocycles. The number of amides is 1. The standard InChI is InChI=1S/C12H13NOS/c1-4-12(2,3)13-11(14)8-7-10-6-5-9-15-10/h1,5-9H,2-3H3,(H,13,14). The van der Waals surface area contributed by atoms with Crippen molar-refractivity contribution in [1.29, 1.82) is 0 Å². The fourth-order valence-electron chi connectivity index (χ4n) is 0.930. The van der Waals surface area contributed by atoms with Crippen molar-refractivity contribution < 1.29 is 4.79 Å². The zero-order valence-corrected chi connectivity index (χ0v) is 9.60. The molecule has 0 fully saturated rings. The van der Waals surface area contributed by atoms with E-state index in [1.807, 2.05) is 17.5 Å². The van der Waals surface area contributed by atoms with Gasteiger partial charge in [0, 0.05) is 11.0 Å². The maximum atomic E-state index is 11.4. The molecule has 15 heavy (non-hydrogen) atoms. The van der Waals surface area contributed by atoms with Crippen molar-refractivity contribution in [2.75, 3.05) is 0 Å². The van der Waals surface area contributed by atoms with E-state index in [-0.39, 0.29) is 5.91 Å². The minimum Gasteiger partial charge on any atom is -0.337 e. The highest BCUT2D eigenvalue weighted by atomic mass is 32.1. The number of thiophene rings is 1. The lowest BCUT2D eigenvalue weighted by molar-refractivity contribution is -0.117. The smallest absolute Gasteiger partial charge is 0.245 e. The molecule has 1 amide bonds. The minimum atomic E-state index is -0.600. The first-order valence-electron chi connectivity index (χ1n) is 4.55. The van der Waals surface area contributed by atoms with Crippen molar-refractivity contribution in [2.24, 2.45) is 0 Å². The summed E-state index contributed by atoms with van der Waals surface area (Å²) in [5.41, 5.74) is -0.600. The molecule has 1 heterocycles. The first-order chi connectivity index (χ1) is 7.03. The lowest BCUT2D eigenvalue weighted by Gasteiger charge is -2.17. The summed E-state index contributed by atoms with van der Waals surface area (Å²) in [7, 11) is 0. The van der Waals surface area contributed by atoms with Crippen molar-refractivity contribution in [3.8, 4) is 12.3 Å². The van der Waals surface area contributed by atoms with Crippen molar-refractivity contribution in [3.05, 3.63) is 28.5 Å². The Morgan fingerprint density at radius 1 is 1.67 bits per heavy atom. The number of hydrogen-bond donors (Lipinski definition) is 1. The average Bonchev–Trinajstić information content (AvgIpc) is 2.66. The minimum absolute atomic E-state index is 0.175. The summed E-state index contributed by atoms with van der Waals surface area (Å²) in [5.74, 6) is 2.33. The highest BCUT2D eigenvalue weighted by Crippen LogP contribution is 2.10. The van der Waals surface area contributed by atoms with Crippen LogP contribution in [-0.2, 0) is 4.79 Å². The van der Waals surface area contributed by atoms with Crippen LogP contribution in [0.1, 0.15) is 18.7 Å². The van der Waals surface area contributed by atoms with E-state index in [0.29, 0.717) is 0 Å². The number of carbonyl (C=O) groups excluding carboxylic acids is 1. The third-order valence-corrected chi connectivity index (χ3v) is 2.58. The topological polar surface area (TPSA) is 29.1 Å². The summed E-state index contributed by atoms with van der Waals surface area (Å²) in [4.78, 5) is 12.5. The van der Waals surface area contributed by atoms with Crippen LogP contribution in [0.2, 0.25) is 0 Å². The Bertz CT molecular complexity index is 396. The predicted molar refractivity (Wildman–Crippen MR) is 64.4 cm³/mol. The molecule has 1 rings (SSSR count). The molecule has 0 saturated heterocycles. The van der Waals surface area contributed by atoms with Gasteiger partial charge >= 0.3 is 0 Å². The summed E-state index contributed by atoms with van der Waals surface area (Å²) in [6.07, 6.45) is 8.52. The Morgan fingerprint density at radius 3 is 2.93 bits per heavy atom. The Morgan fingerprint density at radius 2 is 2.40 bits per heavy atom. The molecule has 1 aromatic rings. The maximum Gasteiger partial charge on any atom is 0.245 e. The average molecular weight is 219 g/mol. The van der Waals surface area contributed by atoms with Crippen LogP contribution in [0, 0.1) is 12.3 Å². The first-order valence-corrected chi connectivity index (χ1v) is 5.43. The van der Waals surface area contributed by atoms with Gasteiger partial charge in [-0.2, -0.15) is 0 Å². The molecular weight excluding hydrogens is 206 g/mol. The molecule has 0 spiro atoms. The fraction of sp³-hybridized carbons (Fsp3) is 0.250. The van der Waals surface area contributed by atoms with Gasteiger partial charge in [-0.3, -0.25) is 4.79 Å². The quantitative estimate of drug-likeness (QED) is 0.613. The van der Waals surface area contributed by atoms with Crippen LogP contribution in [0.3, 0.4) is 0 Å². The van der Waals surface area contributed by atoms with Crippen LogP contribution in [-0.4, -0.2) is 11.4 Å². The van der Waals surface area contributed by atoms with E-state index in [0.717, 1.165) is 4.88 Å². The van der Waals surface area contributed by atoms with Crippen molar-refractivity contribution in [1.82, 2.24) is 5.32 Å². The van der Waals surface area contributed by atoms with Crippen molar-refractivity contribution >= 4 is 23.3 Å². The molecule has 78 valence electrons. The molecule has 3 heteroatoms. The van der Waals surface area contributed by atoms with Crippen molar-refractivity contribution in [3.63, 3.8) is 0 Å². The molecular formula is C12H13NOS. The monoisotopic (exact) mass is 219 g/mol. The molecule has 0 aliphatic rings. The number of hydrogen-bond acceptors (Lipinski definition) is 2. The van der Waals surface area contributed by atoms with Gasteiger partial charge in [0.2, 0.25) is 5.91 Å². The second-order valence-electron chi connectivity index (χ2n) is 3.61. The number of rotatable bonds is 3. The second kappa shape index (κ2) is 4.81. The molecule has 0 aromatic carbocycles. The predicted octanol–water partition coefficient (Wildman–Crippen LogP) is 2.29. The molecule has 0 bridgehead atoms. The third kappa shape index (κ3) is 4.01. The number of terminal acetylenes is 1. The molecule has 0 unspecified atom stereocenters. The lowest BCUT2D eigenvalue weighted by atomic mass is 10.1. The largest absolute Gasteiger partial charge is 0.337 e. The molecule has 1 N–H and O–H groups in total. The van der Waals surface area contributed by atoms with Gasteiger partial charge in [-0.1, -0.05) is 12.0 Å². The Balaban J connectivity index is 2.54. The Labute approximate surface area is 94.0 Å². The summed E-state index contributed by atoms with van der Waals surface area (Å²) >= 11 is 1.58. The molecule has 0 radical (unpaired) electrons. The van der Waals surface area contributed by atoms with E-state index in [2.05, 4.69) is 11.2 Å². The first kappa shape index (κ1) is 11.5. The van der Waals surface area contributed by atoms with Gasteiger partial charge in [0.15, 0.2) is 0 Å². The van der Waals surface area contributed by atoms with Crippen LogP contribution in [0.4, 0.5) is 0 Å².